The summed E-state index contributed by atoms with van der Waals surface area (Å²) >= 11 is 1.43. The molecule has 1 spiro atoms. The molecule has 3 rings (SSSR count). The molecule has 1 atom stereocenters. The Bertz CT molecular complexity index is 498. The molecule has 0 bridgehead atoms. The lowest BCUT2D eigenvalue weighted by atomic mass is 9.95. The Labute approximate surface area is 128 Å². The number of anilines is 1. The normalized spacial score (nSPS) is 28.9. The van der Waals surface area contributed by atoms with Gasteiger partial charge in [-0.15, -0.1) is 11.3 Å². The van der Waals surface area contributed by atoms with Crippen molar-refractivity contribution >= 4 is 22.4 Å². The highest BCUT2D eigenvalue weighted by Gasteiger charge is 2.46. The maximum Gasteiger partial charge on any atom is 0.240 e. The molecule has 2 aliphatic rings. The van der Waals surface area contributed by atoms with Crippen molar-refractivity contribution in [2.24, 2.45) is 0 Å². The SMILES string of the molecule is CC1(C)CN(CC(=O)Nc2nccs2)CC2(CCOC2)O1. The molecule has 116 valence electrons. The van der Waals surface area contributed by atoms with Crippen molar-refractivity contribution in [1.29, 1.82) is 0 Å². The van der Waals surface area contributed by atoms with Crippen LogP contribution in [0.25, 0.3) is 0 Å². The van der Waals surface area contributed by atoms with Gasteiger partial charge in [-0.2, -0.15) is 0 Å². The van der Waals surface area contributed by atoms with Crippen LogP contribution in [0.15, 0.2) is 11.6 Å². The predicted molar refractivity (Wildman–Crippen MR) is 80.5 cm³/mol. The molecule has 0 aliphatic carbocycles. The van der Waals surface area contributed by atoms with Crippen LogP contribution in [-0.4, -0.2) is 59.8 Å². The number of thiazole rings is 1. The van der Waals surface area contributed by atoms with Gasteiger partial charge in [0.25, 0.3) is 0 Å². The van der Waals surface area contributed by atoms with Crippen molar-refractivity contribution < 1.29 is 14.3 Å². The van der Waals surface area contributed by atoms with Crippen molar-refractivity contribution in [1.82, 2.24) is 9.88 Å². The summed E-state index contributed by atoms with van der Waals surface area (Å²) in [7, 11) is 0. The average Bonchev–Trinajstić information content (AvgIpc) is 2.99. The molecule has 6 nitrogen and oxygen atoms in total. The van der Waals surface area contributed by atoms with Crippen LogP contribution < -0.4 is 5.32 Å². The molecule has 1 aromatic heterocycles. The quantitative estimate of drug-likeness (QED) is 0.913. The van der Waals surface area contributed by atoms with E-state index >= 15 is 0 Å². The maximum absolute atomic E-state index is 12.1. The molecule has 1 amide bonds. The summed E-state index contributed by atoms with van der Waals surface area (Å²) in [5, 5.41) is 5.32. The minimum Gasteiger partial charge on any atom is -0.378 e. The van der Waals surface area contributed by atoms with E-state index in [0.29, 0.717) is 18.3 Å². The number of rotatable bonds is 3. The van der Waals surface area contributed by atoms with Crippen LogP contribution in [0, 0.1) is 0 Å². The van der Waals surface area contributed by atoms with Gasteiger partial charge in [0, 0.05) is 37.7 Å². The highest BCUT2D eigenvalue weighted by atomic mass is 32.1. The van der Waals surface area contributed by atoms with E-state index in [2.05, 4.69) is 29.0 Å². The number of hydrogen-bond acceptors (Lipinski definition) is 6. The topological polar surface area (TPSA) is 63.7 Å². The van der Waals surface area contributed by atoms with E-state index in [-0.39, 0.29) is 17.1 Å². The lowest BCUT2D eigenvalue weighted by Crippen LogP contribution is -2.61. The van der Waals surface area contributed by atoms with Crippen LogP contribution >= 0.6 is 11.3 Å². The molecule has 2 fully saturated rings. The smallest absolute Gasteiger partial charge is 0.240 e. The Morgan fingerprint density at radius 3 is 3.05 bits per heavy atom. The van der Waals surface area contributed by atoms with Crippen molar-refractivity contribution in [3.63, 3.8) is 0 Å². The number of amides is 1. The minimum atomic E-state index is -0.270. The zero-order valence-corrected chi connectivity index (χ0v) is 13.2. The van der Waals surface area contributed by atoms with E-state index in [0.717, 1.165) is 26.1 Å². The Morgan fingerprint density at radius 1 is 1.52 bits per heavy atom. The van der Waals surface area contributed by atoms with E-state index in [1.807, 2.05) is 5.38 Å². The molecule has 7 heteroatoms. The minimum absolute atomic E-state index is 0.0308. The van der Waals surface area contributed by atoms with Crippen LogP contribution in [0.2, 0.25) is 0 Å². The predicted octanol–water partition coefficient (Wildman–Crippen LogP) is 1.35. The van der Waals surface area contributed by atoms with Crippen LogP contribution in [0.5, 0.6) is 0 Å². The van der Waals surface area contributed by atoms with Crippen LogP contribution in [0.4, 0.5) is 5.13 Å². The fourth-order valence-electron chi connectivity index (χ4n) is 3.21. The van der Waals surface area contributed by atoms with E-state index in [4.69, 9.17) is 9.47 Å². The summed E-state index contributed by atoms with van der Waals surface area (Å²) in [6.45, 7) is 7.31. The Kier molecular flexibility index (Phi) is 4.00. The lowest BCUT2D eigenvalue weighted by Gasteiger charge is -2.47. The van der Waals surface area contributed by atoms with Gasteiger partial charge in [-0.25, -0.2) is 4.98 Å². The first-order valence-corrected chi connectivity index (χ1v) is 8.04. The summed E-state index contributed by atoms with van der Waals surface area (Å²) in [6.07, 6.45) is 2.57. The van der Waals surface area contributed by atoms with E-state index in [1.165, 1.54) is 11.3 Å². The number of carbonyl (C=O) groups excluding carboxylic acids is 1. The van der Waals surface area contributed by atoms with Crippen molar-refractivity contribution in [2.75, 3.05) is 38.2 Å². The molecular weight excluding hydrogens is 290 g/mol. The highest BCUT2D eigenvalue weighted by Crippen LogP contribution is 2.34. The number of nitrogens with one attached hydrogen (secondary N) is 1. The number of ether oxygens (including phenoxy) is 2. The fraction of sp³-hybridized carbons (Fsp3) is 0.714. The molecule has 0 aromatic carbocycles. The van der Waals surface area contributed by atoms with Gasteiger partial charge in [0.15, 0.2) is 5.13 Å². The summed E-state index contributed by atoms with van der Waals surface area (Å²) in [5.41, 5.74) is -0.531. The number of carbonyl (C=O) groups is 1. The third kappa shape index (κ3) is 3.60. The average molecular weight is 311 g/mol. The summed E-state index contributed by atoms with van der Waals surface area (Å²) in [4.78, 5) is 18.4. The van der Waals surface area contributed by atoms with Gasteiger partial charge >= 0.3 is 0 Å². The zero-order valence-electron chi connectivity index (χ0n) is 12.4. The van der Waals surface area contributed by atoms with Crippen molar-refractivity contribution in [3.05, 3.63) is 11.6 Å². The number of hydrogen-bond donors (Lipinski definition) is 1. The largest absolute Gasteiger partial charge is 0.378 e. The Morgan fingerprint density at radius 2 is 2.38 bits per heavy atom. The Hall–Kier alpha value is -1.02. The highest BCUT2D eigenvalue weighted by molar-refractivity contribution is 7.13. The molecule has 1 unspecified atom stereocenters. The van der Waals surface area contributed by atoms with E-state index in [1.54, 1.807) is 6.20 Å². The first-order chi connectivity index (χ1) is 9.96. The number of nitrogens with zero attached hydrogens (tertiary/aromatic N) is 2. The molecule has 2 saturated heterocycles. The standard InChI is InChI=1S/C14H21N3O3S/c1-13(2)8-17(9-14(20-13)3-5-19-10-14)7-11(18)16-12-15-4-6-21-12/h4,6H,3,5,7-10H2,1-2H3,(H,15,16,18). The van der Waals surface area contributed by atoms with Crippen molar-refractivity contribution in [2.45, 2.75) is 31.5 Å². The maximum atomic E-state index is 12.1. The van der Waals surface area contributed by atoms with Crippen LogP contribution in [0.3, 0.4) is 0 Å². The van der Waals surface area contributed by atoms with E-state index < -0.39 is 0 Å². The van der Waals surface area contributed by atoms with Gasteiger partial charge in [0.2, 0.25) is 5.91 Å². The second-order valence-electron chi connectivity index (χ2n) is 6.38. The van der Waals surface area contributed by atoms with Crippen molar-refractivity contribution in [3.8, 4) is 0 Å². The van der Waals surface area contributed by atoms with Gasteiger partial charge in [-0.1, -0.05) is 0 Å². The molecule has 1 N–H and O–H groups in total. The molecular formula is C14H21N3O3S. The fourth-order valence-corrected chi connectivity index (χ4v) is 3.75. The molecule has 0 radical (unpaired) electrons. The summed E-state index contributed by atoms with van der Waals surface area (Å²) in [5.74, 6) is -0.0308. The number of morpholine rings is 1. The summed E-state index contributed by atoms with van der Waals surface area (Å²) < 4.78 is 11.7. The zero-order chi connectivity index (χ0) is 14.9. The van der Waals surface area contributed by atoms with Gasteiger partial charge in [0.05, 0.1) is 18.8 Å². The van der Waals surface area contributed by atoms with Crippen LogP contribution in [0.1, 0.15) is 20.3 Å². The first-order valence-electron chi connectivity index (χ1n) is 7.16. The molecule has 0 saturated carbocycles. The van der Waals surface area contributed by atoms with Gasteiger partial charge in [-0.3, -0.25) is 9.69 Å². The Balaban J connectivity index is 1.62. The monoisotopic (exact) mass is 311 g/mol. The van der Waals surface area contributed by atoms with Crippen LogP contribution in [-0.2, 0) is 14.3 Å². The molecule has 21 heavy (non-hydrogen) atoms. The lowest BCUT2D eigenvalue weighted by molar-refractivity contribution is -0.195. The third-order valence-corrected chi connectivity index (χ3v) is 4.41. The van der Waals surface area contributed by atoms with Gasteiger partial charge in [-0.05, 0) is 13.8 Å². The first kappa shape index (κ1) is 14.9. The van der Waals surface area contributed by atoms with E-state index in [9.17, 15) is 4.79 Å². The van der Waals surface area contributed by atoms with Gasteiger partial charge in [0.1, 0.15) is 5.60 Å². The molecule has 1 aromatic rings. The third-order valence-electron chi connectivity index (χ3n) is 3.72. The summed E-state index contributed by atoms with van der Waals surface area (Å²) in [6, 6.07) is 0. The van der Waals surface area contributed by atoms with Gasteiger partial charge < -0.3 is 14.8 Å². The number of aromatic nitrogens is 1. The second kappa shape index (κ2) is 5.64. The molecule has 2 aliphatic heterocycles. The molecule has 3 heterocycles. The second-order valence-corrected chi connectivity index (χ2v) is 7.27.